The van der Waals surface area contributed by atoms with Gasteiger partial charge in [0.05, 0.1) is 18.6 Å². The summed E-state index contributed by atoms with van der Waals surface area (Å²) in [6.07, 6.45) is -1.39. The lowest BCUT2D eigenvalue weighted by molar-refractivity contribution is -0.135. The van der Waals surface area contributed by atoms with E-state index in [-0.39, 0.29) is 12.5 Å². The summed E-state index contributed by atoms with van der Waals surface area (Å²) in [5, 5.41) is 10.4. The zero-order chi connectivity index (χ0) is 22.5. The maximum Gasteiger partial charge on any atom is 0.410 e. The first kappa shape index (κ1) is 23.4. The number of likely N-dealkylation sites (N-methyl/N-ethyl adjacent to an activating group) is 1. The first-order chi connectivity index (χ1) is 14.0. The third-order valence-electron chi connectivity index (χ3n) is 4.57. The average Bonchev–Trinajstić information content (AvgIpc) is 2.67. The molecule has 0 aliphatic heterocycles. The predicted molar refractivity (Wildman–Crippen MR) is 115 cm³/mol. The molecule has 2 unspecified atom stereocenters. The van der Waals surface area contributed by atoms with E-state index in [0.717, 1.165) is 11.1 Å². The molecule has 0 spiro atoms. The highest BCUT2D eigenvalue weighted by Crippen LogP contribution is 2.22. The van der Waals surface area contributed by atoms with Gasteiger partial charge in [-0.15, -0.1) is 0 Å². The van der Waals surface area contributed by atoms with Crippen LogP contribution in [0, 0.1) is 6.92 Å². The van der Waals surface area contributed by atoms with E-state index >= 15 is 0 Å². The Hall–Kier alpha value is -2.86. The van der Waals surface area contributed by atoms with E-state index < -0.39 is 23.7 Å². The van der Waals surface area contributed by atoms with Gasteiger partial charge in [-0.3, -0.25) is 4.79 Å². The molecule has 1 N–H and O–H groups in total. The fourth-order valence-electron chi connectivity index (χ4n) is 2.73. The summed E-state index contributed by atoms with van der Waals surface area (Å²) in [6.45, 7) is 9.24. The molecule has 162 valence electrons. The predicted octanol–water partition coefficient (Wildman–Crippen LogP) is 4.60. The topological polar surface area (TPSA) is 76.1 Å². The third-order valence-corrected chi connectivity index (χ3v) is 4.57. The standard InChI is InChI=1S/C24H31NO5/c1-16-7-9-18(10-8-16)17(2)22(27)29-20-13-11-19(12-14-20)21(26)15-25(6)23(28)30-24(3,4)5/h7-14,17,21,26H,15H2,1-6H3. The Balaban J connectivity index is 1.94. The molecule has 2 aromatic carbocycles. The molecular weight excluding hydrogens is 382 g/mol. The molecule has 6 nitrogen and oxygen atoms in total. The molecule has 30 heavy (non-hydrogen) atoms. The molecule has 0 bridgehead atoms. The Labute approximate surface area is 178 Å². The highest BCUT2D eigenvalue weighted by Gasteiger charge is 2.22. The van der Waals surface area contributed by atoms with Crippen molar-refractivity contribution in [3.63, 3.8) is 0 Å². The zero-order valence-electron chi connectivity index (χ0n) is 18.5. The molecule has 1 amide bonds. The van der Waals surface area contributed by atoms with E-state index in [4.69, 9.17) is 9.47 Å². The molecule has 0 aliphatic rings. The van der Waals surface area contributed by atoms with Crippen molar-refractivity contribution in [1.29, 1.82) is 0 Å². The Bertz CT molecular complexity index is 853. The highest BCUT2D eigenvalue weighted by molar-refractivity contribution is 5.79. The average molecular weight is 414 g/mol. The first-order valence-electron chi connectivity index (χ1n) is 9.96. The fourth-order valence-corrected chi connectivity index (χ4v) is 2.73. The van der Waals surface area contributed by atoms with Crippen molar-refractivity contribution in [2.45, 2.75) is 52.2 Å². The van der Waals surface area contributed by atoms with Crippen molar-refractivity contribution in [2.24, 2.45) is 0 Å². The largest absolute Gasteiger partial charge is 0.444 e. The molecule has 0 saturated carbocycles. The molecule has 2 rings (SSSR count). The van der Waals surface area contributed by atoms with Gasteiger partial charge < -0.3 is 19.5 Å². The Kier molecular flexibility index (Phi) is 7.62. The van der Waals surface area contributed by atoms with Gasteiger partial charge in [0.25, 0.3) is 0 Å². The summed E-state index contributed by atoms with van der Waals surface area (Å²) < 4.78 is 10.7. The zero-order valence-corrected chi connectivity index (χ0v) is 18.5. The van der Waals surface area contributed by atoms with E-state index in [1.165, 1.54) is 4.90 Å². The van der Waals surface area contributed by atoms with Gasteiger partial charge in [0, 0.05) is 7.05 Å². The number of aliphatic hydroxyl groups is 1. The number of nitrogens with zero attached hydrogens (tertiary/aromatic N) is 1. The number of amides is 1. The van der Waals surface area contributed by atoms with Crippen LogP contribution in [0.4, 0.5) is 4.79 Å². The Morgan fingerprint density at radius 2 is 1.53 bits per heavy atom. The number of hydrogen-bond donors (Lipinski definition) is 1. The maximum absolute atomic E-state index is 12.4. The molecule has 0 radical (unpaired) electrons. The number of ether oxygens (including phenoxy) is 2. The van der Waals surface area contributed by atoms with Crippen molar-refractivity contribution in [1.82, 2.24) is 4.90 Å². The van der Waals surface area contributed by atoms with Gasteiger partial charge in [0.2, 0.25) is 0 Å². The number of carbonyl (C=O) groups excluding carboxylic acids is 2. The Morgan fingerprint density at radius 3 is 2.07 bits per heavy atom. The van der Waals surface area contributed by atoms with Gasteiger partial charge in [-0.05, 0) is 57.9 Å². The van der Waals surface area contributed by atoms with Crippen LogP contribution >= 0.6 is 0 Å². The molecule has 6 heteroatoms. The van der Waals surface area contributed by atoms with Crippen molar-refractivity contribution in [2.75, 3.05) is 13.6 Å². The van der Waals surface area contributed by atoms with E-state index in [2.05, 4.69) is 0 Å². The van der Waals surface area contributed by atoms with Gasteiger partial charge >= 0.3 is 12.1 Å². The summed E-state index contributed by atoms with van der Waals surface area (Å²) in [6, 6.07) is 14.4. The van der Waals surface area contributed by atoms with Crippen LogP contribution in [0.1, 0.15) is 56.4 Å². The monoisotopic (exact) mass is 413 g/mol. The normalized spacial score (nSPS) is 13.3. The Morgan fingerprint density at radius 1 is 1.00 bits per heavy atom. The van der Waals surface area contributed by atoms with Crippen LogP contribution in [0.25, 0.3) is 0 Å². The van der Waals surface area contributed by atoms with Gasteiger partial charge in [0.15, 0.2) is 0 Å². The van der Waals surface area contributed by atoms with Gasteiger partial charge in [-0.2, -0.15) is 0 Å². The third kappa shape index (κ3) is 6.88. The van der Waals surface area contributed by atoms with E-state index in [1.54, 1.807) is 59.0 Å². The minimum atomic E-state index is -0.890. The minimum Gasteiger partial charge on any atom is -0.444 e. The van der Waals surface area contributed by atoms with E-state index in [1.807, 2.05) is 31.2 Å². The molecule has 0 aliphatic carbocycles. The molecular formula is C24H31NO5. The summed E-state index contributed by atoms with van der Waals surface area (Å²) in [5.74, 6) is -0.342. The van der Waals surface area contributed by atoms with Crippen LogP contribution in [0.3, 0.4) is 0 Å². The summed E-state index contributed by atoms with van der Waals surface area (Å²) in [5.41, 5.74) is 2.03. The smallest absolute Gasteiger partial charge is 0.410 e. The summed E-state index contributed by atoms with van der Waals surface area (Å²) in [4.78, 5) is 25.8. The van der Waals surface area contributed by atoms with E-state index in [0.29, 0.717) is 11.3 Å². The second-order valence-electron chi connectivity index (χ2n) is 8.50. The van der Waals surface area contributed by atoms with Crippen molar-refractivity contribution in [3.8, 4) is 5.75 Å². The van der Waals surface area contributed by atoms with Gasteiger partial charge in [-0.25, -0.2) is 4.79 Å². The molecule has 2 atom stereocenters. The minimum absolute atomic E-state index is 0.0819. The number of hydrogen-bond acceptors (Lipinski definition) is 5. The van der Waals surface area contributed by atoms with Crippen LogP contribution < -0.4 is 4.74 Å². The van der Waals surface area contributed by atoms with Crippen LogP contribution in [-0.2, 0) is 9.53 Å². The molecule has 2 aromatic rings. The molecule has 0 aromatic heterocycles. The quantitative estimate of drug-likeness (QED) is 0.553. The van der Waals surface area contributed by atoms with Gasteiger partial charge in [0.1, 0.15) is 11.4 Å². The second kappa shape index (κ2) is 9.76. The van der Waals surface area contributed by atoms with Crippen LogP contribution in [0.5, 0.6) is 5.75 Å². The molecule has 0 heterocycles. The SMILES string of the molecule is Cc1ccc(C(C)C(=O)Oc2ccc(C(O)CN(C)C(=O)OC(C)(C)C)cc2)cc1. The van der Waals surface area contributed by atoms with E-state index in [9.17, 15) is 14.7 Å². The highest BCUT2D eigenvalue weighted by atomic mass is 16.6. The number of aryl methyl sites for hydroxylation is 1. The first-order valence-corrected chi connectivity index (χ1v) is 9.96. The summed E-state index contributed by atoms with van der Waals surface area (Å²) in [7, 11) is 1.57. The summed E-state index contributed by atoms with van der Waals surface area (Å²) >= 11 is 0. The van der Waals surface area contributed by atoms with Crippen molar-refractivity contribution in [3.05, 3.63) is 65.2 Å². The van der Waals surface area contributed by atoms with Crippen molar-refractivity contribution < 1.29 is 24.2 Å². The lowest BCUT2D eigenvalue weighted by Gasteiger charge is -2.26. The van der Waals surface area contributed by atoms with Crippen LogP contribution in [0.15, 0.2) is 48.5 Å². The number of aliphatic hydroxyl groups excluding tert-OH is 1. The lowest BCUT2D eigenvalue weighted by Crippen LogP contribution is -2.36. The lowest BCUT2D eigenvalue weighted by atomic mass is 10.0. The number of benzene rings is 2. The molecule has 0 saturated heterocycles. The van der Waals surface area contributed by atoms with Crippen LogP contribution in [0.2, 0.25) is 0 Å². The molecule has 0 fully saturated rings. The fraction of sp³-hybridized carbons (Fsp3) is 0.417. The van der Waals surface area contributed by atoms with Gasteiger partial charge in [-0.1, -0.05) is 42.0 Å². The number of carbonyl (C=O) groups is 2. The maximum atomic E-state index is 12.4. The number of esters is 1. The van der Waals surface area contributed by atoms with Crippen LogP contribution in [-0.4, -0.2) is 41.3 Å². The van der Waals surface area contributed by atoms with Crippen molar-refractivity contribution >= 4 is 12.1 Å². The number of rotatable bonds is 6. The second-order valence-corrected chi connectivity index (χ2v) is 8.50.